The first-order valence-electron chi connectivity index (χ1n) is 2.64. The van der Waals surface area contributed by atoms with E-state index in [-0.39, 0.29) is 0 Å². The van der Waals surface area contributed by atoms with Crippen LogP contribution in [-0.2, 0) is 4.43 Å². The van der Waals surface area contributed by atoms with Gasteiger partial charge in [-0.15, -0.1) is 0 Å². The summed E-state index contributed by atoms with van der Waals surface area (Å²) in [6.45, 7) is 0.694. The highest BCUT2D eigenvalue weighted by Gasteiger charge is 2.05. The summed E-state index contributed by atoms with van der Waals surface area (Å²) in [5.41, 5.74) is 10.6. The SMILES string of the molecule is CO[Si](CN)CCN. The van der Waals surface area contributed by atoms with Crippen LogP contribution >= 0.6 is 0 Å². The predicted octanol–water partition coefficient (Wildman–Crippen LogP) is -0.919. The molecule has 3 nitrogen and oxygen atoms in total. The van der Waals surface area contributed by atoms with E-state index in [1.807, 2.05) is 0 Å². The molecule has 0 amide bonds. The zero-order chi connectivity index (χ0) is 6.41. The molecule has 0 spiro atoms. The maximum atomic E-state index is 5.33. The fraction of sp³-hybridized carbons (Fsp3) is 1.00. The first kappa shape index (κ1) is 8.10. The molecule has 0 aliphatic heterocycles. The lowest BCUT2D eigenvalue weighted by Gasteiger charge is -2.05. The van der Waals surface area contributed by atoms with Crippen molar-refractivity contribution in [1.82, 2.24) is 0 Å². The van der Waals surface area contributed by atoms with Crippen LogP contribution in [-0.4, -0.2) is 28.9 Å². The maximum absolute atomic E-state index is 5.33. The van der Waals surface area contributed by atoms with Crippen LogP contribution in [0.15, 0.2) is 0 Å². The van der Waals surface area contributed by atoms with Gasteiger partial charge in [0.05, 0.1) is 0 Å². The van der Waals surface area contributed by atoms with Gasteiger partial charge in [-0.2, -0.15) is 0 Å². The third-order valence-electron chi connectivity index (χ3n) is 0.940. The minimum absolute atomic E-state index is 0.665. The fourth-order valence-electron chi connectivity index (χ4n) is 0.448. The van der Waals surface area contributed by atoms with Gasteiger partial charge in [-0.25, -0.2) is 0 Å². The summed E-state index contributed by atoms with van der Waals surface area (Å²) < 4.78 is 5.04. The minimum atomic E-state index is -0.721. The highest BCUT2D eigenvalue weighted by molar-refractivity contribution is 6.51. The minimum Gasteiger partial charge on any atom is -0.418 e. The van der Waals surface area contributed by atoms with Gasteiger partial charge in [0, 0.05) is 13.3 Å². The summed E-state index contributed by atoms with van der Waals surface area (Å²) in [6.07, 6.45) is 0.665. The van der Waals surface area contributed by atoms with Crippen LogP contribution in [0.5, 0.6) is 0 Å². The molecule has 0 unspecified atom stereocenters. The van der Waals surface area contributed by atoms with Crippen LogP contribution in [0.4, 0.5) is 0 Å². The number of hydrogen-bond acceptors (Lipinski definition) is 3. The molecule has 1 radical (unpaired) electrons. The van der Waals surface area contributed by atoms with Crippen LogP contribution in [0.3, 0.4) is 0 Å². The van der Waals surface area contributed by atoms with Gasteiger partial charge in [-0.05, 0) is 12.6 Å². The summed E-state index contributed by atoms with van der Waals surface area (Å²) in [7, 11) is 0.970. The third-order valence-corrected chi connectivity index (χ3v) is 2.82. The monoisotopic (exact) mass is 133 g/mol. The van der Waals surface area contributed by atoms with Crippen molar-refractivity contribution in [2.75, 3.05) is 19.8 Å². The van der Waals surface area contributed by atoms with E-state index in [1.54, 1.807) is 7.11 Å². The molecule has 0 fully saturated rings. The largest absolute Gasteiger partial charge is 0.418 e. The summed E-state index contributed by atoms with van der Waals surface area (Å²) in [6, 6.07) is 0.956. The second-order valence-corrected chi connectivity index (χ2v) is 3.88. The molecule has 0 atom stereocenters. The summed E-state index contributed by atoms with van der Waals surface area (Å²) in [5.74, 6) is 0. The Morgan fingerprint density at radius 1 is 1.50 bits per heavy atom. The van der Waals surface area contributed by atoms with Crippen LogP contribution in [0.25, 0.3) is 0 Å². The Morgan fingerprint density at radius 3 is 2.25 bits per heavy atom. The lowest BCUT2D eigenvalue weighted by molar-refractivity contribution is 0.419. The van der Waals surface area contributed by atoms with Gasteiger partial charge in [0.2, 0.25) is 9.04 Å². The molecule has 0 aromatic carbocycles. The Balaban J connectivity index is 3.07. The zero-order valence-electron chi connectivity index (χ0n) is 5.18. The molecule has 0 aliphatic rings. The molecule has 8 heavy (non-hydrogen) atoms. The van der Waals surface area contributed by atoms with Gasteiger partial charge < -0.3 is 15.9 Å². The molecule has 0 rings (SSSR count). The van der Waals surface area contributed by atoms with E-state index in [0.29, 0.717) is 12.7 Å². The first-order chi connectivity index (χ1) is 3.85. The number of rotatable bonds is 4. The molecule has 0 saturated carbocycles. The van der Waals surface area contributed by atoms with E-state index < -0.39 is 9.04 Å². The second kappa shape index (κ2) is 5.24. The van der Waals surface area contributed by atoms with E-state index in [9.17, 15) is 0 Å². The average Bonchev–Trinajstić information content (AvgIpc) is 1.83. The van der Waals surface area contributed by atoms with E-state index in [0.717, 1.165) is 6.04 Å². The van der Waals surface area contributed by atoms with E-state index in [2.05, 4.69) is 0 Å². The van der Waals surface area contributed by atoms with Crippen molar-refractivity contribution in [3.63, 3.8) is 0 Å². The van der Waals surface area contributed by atoms with Crippen molar-refractivity contribution < 1.29 is 4.43 Å². The molecule has 4 heteroatoms. The average molecular weight is 133 g/mol. The molecular weight excluding hydrogens is 120 g/mol. The smallest absolute Gasteiger partial charge is 0.226 e. The van der Waals surface area contributed by atoms with E-state index in [1.165, 1.54) is 0 Å². The molecule has 4 N–H and O–H groups in total. The summed E-state index contributed by atoms with van der Waals surface area (Å²) in [5, 5.41) is 0. The molecule has 0 heterocycles. The summed E-state index contributed by atoms with van der Waals surface area (Å²) >= 11 is 0. The molecule has 0 aromatic rings. The highest BCUT2D eigenvalue weighted by Crippen LogP contribution is 1.86. The van der Waals surface area contributed by atoms with E-state index in [4.69, 9.17) is 15.9 Å². The van der Waals surface area contributed by atoms with Gasteiger partial charge in [-0.3, -0.25) is 0 Å². The number of hydrogen-bond donors (Lipinski definition) is 2. The topological polar surface area (TPSA) is 61.3 Å². The first-order valence-corrected chi connectivity index (χ1v) is 4.46. The van der Waals surface area contributed by atoms with Gasteiger partial charge in [0.1, 0.15) is 0 Å². The van der Waals surface area contributed by atoms with Crippen molar-refractivity contribution in [3.05, 3.63) is 0 Å². The van der Waals surface area contributed by atoms with Crippen molar-refractivity contribution in [2.45, 2.75) is 6.04 Å². The quantitative estimate of drug-likeness (QED) is 0.488. The van der Waals surface area contributed by atoms with Crippen molar-refractivity contribution in [2.24, 2.45) is 11.5 Å². The Hall–Kier alpha value is 0.0969. The number of nitrogens with two attached hydrogens (primary N) is 2. The molecular formula is C4H13N2OSi. The standard InChI is InChI=1S/C4H13N2OSi/c1-7-8(4-6)3-2-5/h2-6H2,1H3. The van der Waals surface area contributed by atoms with Gasteiger partial charge in [0.25, 0.3) is 0 Å². The highest BCUT2D eigenvalue weighted by atomic mass is 28.3. The second-order valence-electron chi connectivity index (χ2n) is 1.49. The molecule has 0 aliphatic carbocycles. The van der Waals surface area contributed by atoms with Crippen LogP contribution < -0.4 is 11.5 Å². The lowest BCUT2D eigenvalue weighted by atomic mass is 10.8. The van der Waals surface area contributed by atoms with Crippen LogP contribution in [0, 0.1) is 0 Å². The van der Waals surface area contributed by atoms with Crippen molar-refractivity contribution in [3.8, 4) is 0 Å². The Kier molecular flexibility index (Phi) is 5.30. The van der Waals surface area contributed by atoms with E-state index >= 15 is 0 Å². The van der Waals surface area contributed by atoms with Crippen LogP contribution in [0.2, 0.25) is 6.04 Å². The van der Waals surface area contributed by atoms with Crippen molar-refractivity contribution >= 4 is 9.04 Å². The van der Waals surface area contributed by atoms with Crippen molar-refractivity contribution in [1.29, 1.82) is 0 Å². The molecule has 49 valence electrons. The Morgan fingerprint density at radius 2 is 2.12 bits per heavy atom. The van der Waals surface area contributed by atoms with Gasteiger partial charge >= 0.3 is 0 Å². The molecule has 0 saturated heterocycles. The lowest BCUT2D eigenvalue weighted by Crippen LogP contribution is -2.29. The van der Waals surface area contributed by atoms with Gasteiger partial charge in [-0.1, -0.05) is 0 Å². The van der Waals surface area contributed by atoms with Gasteiger partial charge in [0.15, 0.2) is 0 Å². The fourth-order valence-corrected chi connectivity index (χ4v) is 1.35. The predicted molar refractivity (Wildman–Crippen MR) is 35.7 cm³/mol. The summed E-state index contributed by atoms with van der Waals surface area (Å²) in [4.78, 5) is 0. The third kappa shape index (κ3) is 3.14. The zero-order valence-corrected chi connectivity index (χ0v) is 6.18. The maximum Gasteiger partial charge on any atom is 0.226 e. The molecule has 0 bridgehead atoms. The normalized spacial score (nSPS) is 10.5. The molecule has 0 aromatic heterocycles. The van der Waals surface area contributed by atoms with Crippen LogP contribution in [0.1, 0.15) is 0 Å². The Labute approximate surface area is 51.7 Å². The Bertz CT molecular complexity index is 49.3.